The first-order chi connectivity index (χ1) is 9.83. The van der Waals surface area contributed by atoms with Gasteiger partial charge in [-0.2, -0.15) is 0 Å². The van der Waals surface area contributed by atoms with E-state index < -0.39 is 10.0 Å². The molecule has 0 radical (unpaired) electrons. The van der Waals surface area contributed by atoms with E-state index in [1.165, 1.54) is 11.3 Å². The van der Waals surface area contributed by atoms with Crippen LogP contribution in [0.25, 0.3) is 0 Å². The lowest BCUT2D eigenvalue weighted by Gasteiger charge is -2.08. The number of anilines is 1. The molecule has 0 saturated carbocycles. The number of aryl methyl sites for hydroxylation is 2. The van der Waals surface area contributed by atoms with Gasteiger partial charge in [0.2, 0.25) is 0 Å². The second kappa shape index (κ2) is 6.36. The normalized spacial score (nSPS) is 11.6. The third-order valence-corrected chi connectivity index (χ3v) is 6.37. The molecule has 1 heterocycles. The number of halogens is 1. The van der Waals surface area contributed by atoms with Crippen LogP contribution in [0.1, 0.15) is 16.0 Å². The van der Waals surface area contributed by atoms with Crippen molar-refractivity contribution in [1.29, 1.82) is 0 Å². The summed E-state index contributed by atoms with van der Waals surface area (Å²) in [4.78, 5) is 1.01. The van der Waals surface area contributed by atoms with Gasteiger partial charge in [-0.25, -0.2) is 8.42 Å². The van der Waals surface area contributed by atoms with E-state index in [4.69, 9.17) is 11.6 Å². The summed E-state index contributed by atoms with van der Waals surface area (Å²) < 4.78 is 27.8. The van der Waals surface area contributed by atoms with Crippen molar-refractivity contribution in [2.45, 2.75) is 24.6 Å². The average Bonchev–Trinajstić information content (AvgIpc) is 2.77. The predicted octanol–water partition coefficient (Wildman–Crippen LogP) is 3.54. The molecule has 0 amide bonds. The molecule has 2 aromatic rings. The van der Waals surface area contributed by atoms with Gasteiger partial charge in [0.15, 0.2) is 0 Å². The molecule has 4 nitrogen and oxygen atoms in total. The van der Waals surface area contributed by atoms with Crippen molar-refractivity contribution in [3.05, 3.63) is 45.3 Å². The summed E-state index contributed by atoms with van der Waals surface area (Å²) in [5, 5.41) is 3.41. The Hall–Kier alpha value is -1.08. The highest BCUT2D eigenvalue weighted by Gasteiger charge is 2.20. The zero-order chi connectivity index (χ0) is 15.6. The highest BCUT2D eigenvalue weighted by molar-refractivity contribution is 7.94. The fourth-order valence-electron chi connectivity index (χ4n) is 1.87. The quantitative estimate of drug-likeness (QED) is 0.872. The summed E-state index contributed by atoms with van der Waals surface area (Å²) in [5.41, 5.74) is 2.30. The number of hydrogen-bond donors (Lipinski definition) is 2. The summed E-state index contributed by atoms with van der Waals surface area (Å²) in [6, 6.07) is 6.92. The molecule has 1 aromatic carbocycles. The zero-order valence-electron chi connectivity index (χ0n) is 12.0. The maximum Gasteiger partial charge on any atom is 0.271 e. The fourth-order valence-corrected chi connectivity index (χ4v) is 4.76. The molecule has 114 valence electrons. The molecule has 7 heteroatoms. The van der Waals surface area contributed by atoms with Gasteiger partial charge in [-0.3, -0.25) is 4.72 Å². The van der Waals surface area contributed by atoms with Gasteiger partial charge in [0, 0.05) is 11.4 Å². The molecular formula is C14H17ClN2O2S2. The number of nitrogens with one attached hydrogen (secondary N) is 2. The third kappa shape index (κ3) is 3.77. The van der Waals surface area contributed by atoms with Gasteiger partial charge in [0.25, 0.3) is 10.0 Å². The van der Waals surface area contributed by atoms with E-state index in [1.807, 2.05) is 27.0 Å². The Bertz CT molecular complexity index is 754. The Labute approximate surface area is 134 Å². The molecule has 0 aliphatic rings. The number of benzene rings is 1. The van der Waals surface area contributed by atoms with E-state index in [-0.39, 0.29) is 0 Å². The topological polar surface area (TPSA) is 58.2 Å². The highest BCUT2D eigenvalue weighted by atomic mass is 35.5. The van der Waals surface area contributed by atoms with Crippen molar-refractivity contribution in [3.63, 3.8) is 0 Å². The van der Waals surface area contributed by atoms with Crippen molar-refractivity contribution in [1.82, 2.24) is 5.32 Å². The van der Waals surface area contributed by atoms with E-state index in [0.717, 1.165) is 16.0 Å². The summed E-state index contributed by atoms with van der Waals surface area (Å²) in [5.74, 6) is 0. The Kier molecular flexibility index (Phi) is 4.93. The molecule has 0 atom stereocenters. The smallest absolute Gasteiger partial charge is 0.271 e. The van der Waals surface area contributed by atoms with Crippen molar-refractivity contribution in [2.24, 2.45) is 0 Å². The molecule has 0 spiro atoms. The number of sulfonamides is 1. The van der Waals surface area contributed by atoms with Gasteiger partial charge < -0.3 is 5.32 Å². The van der Waals surface area contributed by atoms with Crippen LogP contribution in [0, 0.1) is 13.8 Å². The van der Waals surface area contributed by atoms with Crippen LogP contribution in [0.5, 0.6) is 0 Å². The number of hydrogen-bond acceptors (Lipinski definition) is 4. The average molecular weight is 345 g/mol. The summed E-state index contributed by atoms with van der Waals surface area (Å²) in [6.07, 6.45) is 0. The van der Waals surface area contributed by atoms with Crippen LogP contribution < -0.4 is 10.0 Å². The lowest BCUT2D eigenvalue weighted by Crippen LogP contribution is -2.12. The minimum atomic E-state index is -3.62. The van der Waals surface area contributed by atoms with Crippen molar-refractivity contribution < 1.29 is 8.42 Å². The fraction of sp³-hybridized carbons (Fsp3) is 0.286. The van der Waals surface area contributed by atoms with Gasteiger partial charge in [-0.1, -0.05) is 17.7 Å². The van der Waals surface area contributed by atoms with E-state index in [1.54, 1.807) is 18.2 Å². The van der Waals surface area contributed by atoms with Crippen molar-refractivity contribution in [3.8, 4) is 0 Å². The minimum absolute atomic E-state index is 0.294. The Morgan fingerprint density at radius 2 is 1.95 bits per heavy atom. The van der Waals surface area contributed by atoms with Crippen molar-refractivity contribution >= 4 is 38.6 Å². The van der Waals surface area contributed by atoms with Gasteiger partial charge in [0.1, 0.15) is 4.21 Å². The molecular weight excluding hydrogens is 328 g/mol. The molecule has 2 N–H and O–H groups in total. The first-order valence-corrected chi connectivity index (χ1v) is 9.04. The first-order valence-electron chi connectivity index (χ1n) is 6.36. The van der Waals surface area contributed by atoms with Crippen LogP contribution >= 0.6 is 22.9 Å². The third-order valence-electron chi connectivity index (χ3n) is 2.97. The Balaban J connectivity index is 2.34. The second-order valence-corrected chi connectivity index (χ2v) is 8.24. The monoisotopic (exact) mass is 344 g/mol. The van der Waals surface area contributed by atoms with E-state index in [2.05, 4.69) is 10.0 Å². The molecule has 1 aromatic heterocycles. The summed E-state index contributed by atoms with van der Waals surface area (Å²) >= 11 is 7.31. The molecule has 0 unspecified atom stereocenters. The molecule has 0 fully saturated rings. The maximum atomic E-state index is 12.5. The standard InChI is InChI=1S/C14H17ClN2O2S2/c1-9-4-5-11(15)12(6-9)17-21(18,19)14-7-10(2)13(20-14)8-16-3/h4-7,16-17H,8H2,1-3H3. The van der Waals surface area contributed by atoms with Crippen LogP contribution in [0.2, 0.25) is 5.02 Å². The summed E-state index contributed by atoms with van der Waals surface area (Å²) in [6.45, 7) is 4.44. The van der Waals surface area contributed by atoms with E-state index >= 15 is 0 Å². The van der Waals surface area contributed by atoms with Crippen LogP contribution in [0.15, 0.2) is 28.5 Å². The lowest BCUT2D eigenvalue weighted by molar-refractivity contribution is 0.603. The second-order valence-electron chi connectivity index (χ2n) is 4.79. The largest absolute Gasteiger partial charge is 0.315 e. The molecule has 0 bridgehead atoms. The molecule has 0 saturated heterocycles. The molecule has 21 heavy (non-hydrogen) atoms. The maximum absolute atomic E-state index is 12.5. The van der Waals surface area contributed by atoms with Gasteiger partial charge in [-0.15, -0.1) is 11.3 Å². The lowest BCUT2D eigenvalue weighted by atomic mass is 10.2. The zero-order valence-corrected chi connectivity index (χ0v) is 14.4. The predicted molar refractivity (Wildman–Crippen MR) is 88.8 cm³/mol. The SMILES string of the molecule is CNCc1sc(S(=O)(=O)Nc2cc(C)ccc2Cl)cc1C. The Morgan fingerprint density at radius 3 is 2.62 bits per heavy atom. The highest BCUT2D eigenvalue weighted by Crippen LogP contribution is 2.30. The van der Waals surface area contributed by atoms with Crippen LogP contribution in [-0.2, 0) is 16.6 Å². The van der Waals surface area contributed by atoms with Gasteiger partial charge in [-0.05, 0) is 50.2 Å². The first kappa shape index (κ1) is 16.3. The summed E-state index contributed by atoms with van der Waals surface area (Å²) in [7, 11) is -1.78. The number of rotatable bonds is 5. The number of thiophene rings is 1. The van der Waals surface area contributed by atoms with Crippen LogP contribution in [-0.4, -0.2) is 15.5 Å². The molecule has 2 rings (SSSR count). The minimum Gasteiger partial charge on any atom is -0.315 e. The van der Waals surface area contributed by atoms with Crippen LogP contribution in [0.4, 0.5) is 5.69 Å². The molecule has 0 aliphatic heterocycles. The van der Waals surface area contributed by atoms with Crippen LogP contribution in [0.3, 0.4) is 0 Å². The van der Waals surface area contributed by atoms with E-state index in [9.17, 15) is 8.42 Å². The molecule has 0 aliphatic carbocycles. The van der Waals surface area contributed by atoms with Gasteiger partial charge >= 0.3 is 0 Å². The Morgan fingerprint density at radius 1 is 1.24 bits per heavy atom. The van der Waals surface area contributed by atoms with Crippen molar-refractivity contribution in [2.75, 3.05) is 11.8 Å². The van der Waals surface area contributed by atoms with Gasteiger partial charge in [0.05, 0.1) is 10.7 Å². The van der Waals surface area contributed by atoms with E-state index in [0.29, 0.717) is 21.5 Å².